The summed E-state index contributed by atoms with van der Waals surface area (Å²) in [6, 6.07) is 4.53. The minimum atomic E-state index is -2.08. The van der Waals surface area contributed by atoms with Crippen molar-refractivity contribution in [2.24, 2.45) is 11.7 Å². The van der Waals surface area contributed by atoms with Crippen LogP contribution >= 0.6 is 0 Å². The van der Waals surface area contributed by atoms with Gasteiger partial charge in [-0.15, -0.1) is 0 Å². The van der Waals surface area contributed by atoms with E-state index in [0.717, 1.165) is 55.7 Å². The quantitative estimate of drug-likeness (QED) is 0.243. The van der Waals surface area contributed by atoms with Gasteiger partial charge >= 0.3 is 181 Å². The summed E-state index contributed by atoms with van der Waals surface area (Å²) in [5, 5.41) is 7.50. The summed E-state index contributed by atoms with van der Waals surface area (Å²) in [5.41, 5.74) is 7.67. The Labute approximate surface area is 289 Å². The summed E-state index contributed by atoms with van der Waals surface area (Å²) in [6.07, 6.45) is 15.6. The van der Waals surface area contributed by atoms with Gasteiger partial charge in [0.25, 0.3) is 0 Å². The standard InChI is InChI=1S/C35H49FN9O2.Sb/c1-23(2)45-21-28(34(46)40-26-11-16-43(17-12-26)15-4-5-24-6-8-25(37)9-7-24)27-20-39-33(19-30(27)45)41-32-10-14-38-35(42-32)44-18-13-31(47-3)29(36)22-44;/h10,14,19-26H,4-9,11-13,15-18,37H2,1-3H3,(H,40,46)(H,38,39,41,42);. The first-order chi connectivity index (χ1) is 23.2. The predicted octanol–water partition coefficient (Wildman–Crippen LogP) is 4.45. The Kier molecular flexibility index (Phi) is 8.61. The van der Waals surface area contributed by atoms with E-state index in [0.29, 0.717) is 35.7 Å². The molecule has 0 radical (unpaired) electrons. The van der Waals surface area contributed by atoms with E-state index in [9.17, 15) is 4.79 Å². The van der Waals surface area contributed by atoms with Gasteiger partial charge in [0.1, 0.15) is 0 Å². The maximum atomic E-state index is 15.4. The average molecular weight is 769 g/mol. The molecule has 3 aromatic rings. The molecule has 13 heteroatoms. The van der Waals surface area contributed by atoms with Gasteiger partial charge in [-0.2, -0.15) is 0 Å². The van der Waals surface area contributed by atoms with Crippen molar-refractivity contribution in [3.8, 4) is 0 Å². The van der Waals surface area contributed by atoms with Crippen molar-refractivity contribution in [1.82, 2.24) is 29.7 Å². The number of nitrogens with two attached hydrogens (primary N) is 1. The number of pyridine rings is 1. The predicted molar refractivity (Wildman–Crippen MR) is 187 cm³/mol. The number of amides is 1. The van der Waals surface area contributed by atoms with E-state index in [2.05, 4.69) is 48.8 Å². The van der Waals surface area contributed by atoms with Gasteiger partial charge in [0.2, 0.25) is 0 Å². The van der Waals surface area contributed by atoms with Gasteiger partial charge in [-0.05, 0) is 63.8 Å². The van der Waals surface area contributed by atoms with Crippen LogP contribution in [0.1, 0.15) is 88.0 Å². The number of ether oxygens (including phenoxy) is 1. The molecule has 4 N–H and O–H groups in total. The van der Waals surface area contributed by atoms with Crippen LogP contribution in [-0.2, 0) is 4.74 Å². The number of carbonyl (C=O) groups excluding carboxylic acids is 1. The maximum absolute atomic E-state index is 15.4. The number of anilines is 3. The number of carbonyl (C=O) groups is 1. The summed E-state index contributed by atoms with van der Waals surface area (Å²) >= 11 is -2.08. The average Bonchev–Trinajstić information content (AvgIpc) is 3.83. The summed E-state index contributed by atoms with van der Waals surface area (Å²) in [5.74, 6) is 2.61. The number of likely N-dealkylation sites (tertiary alicyclic amines) is 1. The molecule has 1 amide bonds. The van der Waals surface area contributed by atoms with Crippen LogP contribution in [0.5, 0.6) is 0 Å². The number of nitrogens with zero attached hydrogens (tertiary/aromatic N) is 6. The fourth-order valence-electron chi connectivity index (χ4n) is 8.73. The third-order valence-electron chi connectivity index (χ3n) is 11.7. The molecule has 1 saturated carbocycles. The molecule has 11 nitrogen and oxygen atoms in total. The molecule has 4 saturated heterocycles. The normalized spacial score (nSPS) is 30.5. The van der Waals surface area contributed by atoms with Gasteiger partial charge in [-0.1, -0.05) is 0 Å². The molecule has 0 spiro atoms. The third kappa shape index (κ3) is 5.59. The van der Waals surface area contributed by atoms with Crippen molar-refractivity contribution in [3.63, 3.8) is 0 Å². The van der Waals surface area contributed by atoms with E-state index in [1.165, 1.54) is 38.5 Å². The van der Waals surface area contributed by atoms with Crippen molar-refractivity contribution in [2.75, 3.05) is 43.5 Å². The number of hydrogen-bond acceptors (Lipinski definition) is 9. The minimum absolute atomic E-state index is 0.0259. The Morgan fingerprint density at radius 3 is 2.62 bits per heavy atom. The zero-order chi connectivity index (χ0) is 33.2. The number of aromatic nitrogens is 4. The van der Waals surface area contributed by atoms with E-state index < -0.39 is 27.4 Å². The molecule has 0 aromatic carbocycles. The van der Waals surface area contributed by atoms with Crippen molar-refractivity contribution in [3.05, 3.63) is 36.3 Å². The van der Waals surface area contributed by atoms with Crippen LogP contribution in [0.15, 0.2) is 30.7 Å². The Hall–Kier alpha value is -2.53. The van der Waals surface area contributed by atoms with Gasteiger partial charge in [-0.25, -0.2) is 0 Å². The molecular formula is C35H49FN9O2Sb. The van der Waals surface area contributed by atoms with Gasteiger partial charge in [0, 0.05) is 25.2 Å². The van der Waals surface area contributed by atoms with Crippen molar-refractivity contribution in [1.29, 1.82) is 0 Å². The zero-order valence-corrected chi connectivity index (χ0v) is 30.9. The van der Waals surface area contributed by atoms with Crippen molar-refractivity contribution < 1.29 is 13.9 Å². The van der Waals surface area contributed by atoms with Crippen molar-refractivity contribution in [2.45, 2.75) is 101 Å². The van der Waals surface area contributed by atoms with Crippen LogP contribution in [0, 0.1) is 5.92 Å². The SMILES string of the molecule is CO[C@@]12CCN(c3nccc(Nc4cc5c(cn4)c(C(=O)NC4CCN(CCCC6CCC(N)CC6)CC4)cn5C(C)C)n3)[CH]3[Sb]1[C@]32F. The molecule has 8 rings (SSSR count). The Bertz CT molecular complexity index is 1670. The van der Waals surface area contributed by atoms with Crippen LogP contribution in [0.4, 0.5) is 22.0 Å². The number of rotatable bonds is 11. The second-order valence-corrected chi connectivity index (χ2v) is 22.3. The second kappa shape index (κ2) is 12.7. The third-order valence-corrected chi connectivity index (χ3v) is 21.5. The van der Waals surface area contributed by atoms with Gasteiger partial charge in [0.15, 0.2) is 0 Å². The van der Waals surface area contributed by atoms with E-state index in [1.807, 2.05) is 12.3 Å². The molecule has 3 atom stereocenters. The first-order valence-corrected chi connectivity index (χ1v) is 21.9. The number of nitrogens with one attached hydrogen (secondary N) is 2. The fourth-order valence-corrected chi connectivity index (χ4v) is 20.1. The Morgan fingerprint density at radius 1 is 1.15 bits per heavy atom. The van der Waals surface area contributed by atoms with Crippen LogP contribution < -0.4 is 21.3 Å². The molecule has 5 aliphatic rings. The van der Waals surface area contributed by atoms with E-state index in [-0.39, 0.29) is 22.0 Å². The summed E-state index contributed by atoms with van der Waals surface area (Å²) in [6.45, 7) is 8.15. The van der Waals surface area contributed by atoms with Gasteiger partial charge in [-0.3, -0.25) is 4.79 Å². The summed E-state index contributed by atoms with van der Waals surface area (Å²) in [7, 11) is 1.65. The monoisotopic (exact) mass is 767 g/mol. The van der Waals surface area contributed by atoms with Crippen molar-refractivity contribution >= 4 is 54.6 Å². The molecule has 1 aliphatic carbocycles. The van der Waals surface area contributed by atoms with Crippen LogP contribution in [0.2, 0.25) is 0 Å². The van der Waals surface area contributed by atoms with E-state index in [4.69, 9.17) is 15.5 Å². The summed E-state index contributed by atoms with van der Waals surface area (Å²) < 4.78 is 21.6. The fraction of sp³-hybridized carbons (Fsp3) is 0.657. The van der Waals surface area contributed by atoms with Crippen LogP contribution in [0.25, 0.3) is 10.9 Å². The number of alkyl halides is 1. The number of halogens is 1. The molecule has 1 unspecified atom stereocenters. The second-order valence-electron chi connectivity index (χ2n) is 14.9. The number of fused-ring (bicyclic) bond motifs is 3. The zero-order valence-electron chi connectivity index (χ0n) is 28.4. The van der Waals surface area contributed by atoms with Gasteiger partial charge < -0.3 is 16.0 Å². The Balaban J connectivity index is 0.885. The van der Waals surface area contributed by atoms with E-state index >= 15 is 4.39 Å². The van der Waals surface area contributed by atoms with Gasteiger partial charge in [0.05, 0.1) is 0 Å². The number of hydrogen-bond donors (Lipinski definition) is 3. The first kappa shape index (κ1) is 32.7. The van der Waals surface area contributed by atoms with E-state index in [1.54, 1.807) is 25.6 Å². The molecule has 48 heavy (non-hydrogen) atoms. The molecular weight excluding hydrogens is 719 g/mol. The van der Waals surface area contributed by atoms with Crippen LogP contribution in [-0.4, -0.2) is 107 Å². The van der Waals surface area contributed by atoms with Crippen LogP contribution in [0.3, 0.4) is 0 Å². The molecule has 7 heterocycles. The topological polar surface area (TPSA) is 126 Å². The number of methoxy groups -OCH3 is 1. The molecule has 258 valence electrons. The molecule has 3 aromatic heterocycles. The molecule has 5 fully saturated rings. The molecule has 4 aliphatic heterocycles. The number of piperidine rings is 2. The molecule has 0 bridgehead atoms. The first-order valence-electron chi connectivity index (χ1n) is 17.9. The summed E-state index contributed by atoms with van der Waals surface area (Å²) in [4.78, 5) is 32.2. The Morgan fingerprint density at radius 2 is 1.92 bits per heavy atom.